The molecule has 9 nitrogen and oxygen atoms in total. The van der Waals surface area contributed by atoms with E-state index in [9.17, 15) is 19.2 Å². The van der Waals surface area contributed by atoms with Crippen LogP contribution in [0.25, 0.3) is 0 Å². The molecule has 0 aromatic heterocycles. The summed E-state index contributed by atoms with van der Waals surface area (Å²) in [6.45, 7) is 4.96. The van der Waals surface area contributed by atoms with Crippen molar-refractivity contribution < 1.29 is 28.7 Å². The van der Waals surface area contributed by atoms with E-state index in [4.69, 9.17) is 9.47 Å². The Bertz CT molecular complexity index is 804. The number of hydrogen-bond acceptors (Lipinski definition) is 6. The minimum atomic E-state index is -1.37. The molecule has 0 bridgehead atoms. The van der Waals surface area contributed by atoms with Crippen molar-refractivity contribution in [3.05, 3.63) is 35.9 Å². The van der Waals surface area contributed by atoms with E-state index in [1.165, 1.54) is 0 Å². The lowest BCUT2D eigenvalue weighted by Crippen LogP contribution is -2.49. The van der Waals surface area contributed by atoms with Crippen LogP contribution in [0.5, 0.6) is 0 Å². The Hall–Kier alpha value is -3.10. The van der Waals surface area contributed by atoms with Gasteiger partial charge in [-0.1, -0.05) is 30.3 Å². The number of nitrogens with zero attached hydrogens (tertiary/aromatic N) is 1. The Balaban J connectivity index is 1.78. The fourth-order valence-electron chi connectivity index (χ4n) is 3.26. The first-order valence-electron chi connectivity index (χ1n) is 8.93. The third-order valence-electron chi connectivity index (χ3n) is 4.49. The molecule has 4 amide bonds. The van der Waals surface area contributed by atoms with Crippen LogP contribution in [0.15, 0.2) is 30.3 Å². The second-order valence-corrected chi connectivity index (χ2v) is 7.91. The highest BCUT2D eigenvalue weighted by Gasteiger charge is 2.58. The highest BCUT2D eigenvalue weighted by Crippen LogP contribution is 2.32. The number of likely N-dealkylation sites (tertiary alicyclic amines) is 1. The lowest BCUT2D eigenvalue weighted by molar-refractivity contribution is -0.159. The number of nitrogens with one attached hydrogen (secondary N) is 2. The topological polar surface area (TPSA) is 114 Å². The zero-order valence-corrected chi connectivity index (χ0v) is 16.0. The Morgan fingerprint density at radius 2 is 1.89 bits per heavy atom. The largest absolute Gasteiger partial charge is 0.458 e. The van der Waals surface area contributed by atoms with Gasteiger partial charge in [0, 0.05) is 6.42 Å². The summed E-state index contributed by atoms with van der Waals surface area (Å²) in [5.41, 5.74) is -1.36. The molecule has 0 aliphatic carbocycles. The molecule has 0 radical (unpaired) electrons. The van der Waals surface area contributed by atoms with E-state index in [1.807, 2.05) is 18.2 Å². The number of hydrogen-bond donors (Lipinski definition) is 2. The summed E-state index contributed by atoms with van der Waals surface area (Å²) in [6.07, 6.45) is -0.842. The maximum atomic E-state index is 12.7. The molecular weight excluding hydrogens is 366 g/mol. The zero-order chi connectivity index (χ0) is 20.5. The van der Waals surface area contributed by atoms with Crippen LogP contribution in [0, 0.1) is 0 Å². The molecule has 0 unspecified atom stereocenters. The number of carbonyl (C=O) groups excluding carboxylic acids is 4. The van der Waals surface area contributed by atoms with Gasteiger partial charge in [-0.2, -0.15) is 0 Å². The third-order valence-corrected chi connectivity index (χ3v) is 4.49. The lowest BCUT2D eigenvalue weighted by Gasteiger charge is -2.26. The average molecular weight is 389 g/mol. The molecule has 1 aromatic carbocycles. The van der Waals surface area contributed by atoms with Gasteiger partial charge < -0.3 is 14.8 Å². The Morgan fingerprint density at radius 1 is 1.21 bits per heavy atom. The smallest absolute Gasteiger partial charge is 0.410 e. The predicted octanol–water partition coefficient (Wildman–Crippen LogP) is 1.32. The highest BCUT2D eigenvalue weighted by molar-refractivity contribution is 6.08. The molecule has 2 heterocycles. The number of rotatable bonds is 3. The van der Waals surface area contributed by atoms with E-state index in [0.29, 0.717) is 0 Å². The molecule has 2 atom stereocenters. The van der Waals surface area contributed by atoms with Crippen molar-refractivity contribution in [1.82, 2.24) is 15.5 Å². The number of imide groups is 1. The van der Waals surface area contributed by atoms with Gasteiger partial charge in [-0.25, -0.2) is 14.4 Å². The van der Waals surface area contributed by atoms with Crippen LogP contribution < -0.4 is 10.6 Å². The van der Waals surface area contributed by atoms with Gasteiger partial charge in [0.05, 0.1) is 6.54 Å². The molecule has 2 aliphatic rings. The molecule has 1 aromatic rings. The minimum absolute atomic E-state index is 0.0166. The standard InChI is InChI=1S/C19H23N3O6/c1-18(2,3)28-14(23)13-9-19(15(24)20-16(25)21-19)11-22(13)17(26)27-10-12-7-5-4-6-8-12/h4-8,13H,9-11H2,1-3H3,(H2,20,21,24,25)/t13-,19-/m1/s1. The molecular formula is C19H23N3O6. The minimum Gasteiger partial charge on any atom is -0.458 e. The number of carbonyl (C=O) groups is 4. The molecule has 150 valence electrons. The molecule has 0 saturated carbocycles. The van der Waals surface area contributed by atoms with Gasteiger partial charge in [0.25, 0.3) is 5.91 Å². The SMILES string of the molecule is CC(C)(C)OC(=O)[C@H]1C[C@]2(CN1C(=O)OCc1ccccc1)NC(=O)NC2=O. The van der Waals surface area contributed by atoms with Crippen LogP contribution in [-0.4, -0.2) is 52.6 Å². The molecule has 28 heavy (non-hydrogen) atoms. The Morgan fingerprint density at radius 3 is 2.46 bits per heavy atom. The number of ether oxygens (including phenoxy) is 2. The number of urea groups is 1. The second-order valence-electron chi connectivity index (χ2n) is 7.91. The second kappa shape index (κ2) is 7.14. The predicted molar refractivity (Wildman–Crippen MR) is 97.0 cm³/mol. The summed E-state index contributed by atoms with van der Waals surface area (Å²) >= 11 is 0. The summed E-state index contributed by atoms with van der Waals surface area (Å²) in [6, 6.07) is 7.37. The fourth-order valence-corrected chi connectivity index (χ4v) is 3.26. The molecule has 2 N–H and O–H groups in total. The Labute approximate surface area is 162 Å². The van der Waals surface area contributed by atoms with E-state index in [-0.39, 0.29) is 19.6 Å². The van der Waals surface area contributed by atoms with Crippen molar-refractivity contribution in [3.63, 3.8) is 0 Å². The average Bonchev–Trinajstić information content (AvgIpc) is 3.12. The molecule has 3 rings (SSSR count). The van der Waals surface area contributed by atoms with Crippen LogP contribution in [0.3, 0.4) is 0 Å². The van der Waals surface area contributed by atoms with Gasteiger partial charge in [-0.05, 0) is 26.3 Å². The Kier molecular flexibility index (Phi) is 5.01. The molecule has 1 spiro atoms. The van der Waals surface area contributed by atoms with Gasteiger partial charge in [0.15, 0.2) is 0 Å². The molecule has 9 heteroatoms. The lowest BCUT2D eigenvalue weighted by atomic mass is 9.96. The van der Waals surface area contributed by atoms with Gasteiger partial charge in [0.2, 0.25) is 0 Å². The van der Waals surface area contributed by atoms with Crippen molar-refractivity contribution in [2.45, 2.75) is 51.0 Å². The third kappa shape index (κ3) is 4.08. The van der Waals surface area contributed by atoms with E-state index >= 15 is 0 Å². The van der Waals surface area contributed by atoms with Gasteiger partial charge >= 0.3 is 18.1 Å². The monoisotopic (exact) mass is 389 g/mol. The quantitative estimate of drug-likeness (QED) is 0.595. The summed E-state index contributed by atoms with van der Waals surface area (Å²) < 4.78 is 10.7. The zero-order valence-electron chi connectivity index (χ0n) is 16.0. The van der Waals surface area contributed by atoms with Crippen LogP contribution in [-0.2, 0) is 25.7 Å². The van der Waals surface area contributed by atoms with Gasteiger partial charge in [-0.3, -0.25) is 15.0 Å². The van der Waals surface area contributed by atoms with Crippen molar-refractivity contribution in [1.29, 1.82) is 0 Å². The molecule has 2 saturated heterocycles. The molecule has 2 aliphatic heterocycles. The first-order valence-corrected chi connectivity index (χ1v) is 8.93. The van der Waals surface area contributed by atoms with Crippen LogP contribution in [0.1, 0.15) is 32.8 Å². The first-order chi connectivity index (χ1) is 13.1. The summed E-state index contributed by atoms with van der Waals surface area (Å²) in [5.74, 6) is -1.24. The van der Waals surface area contributed by atoms with E-state index in [0.717, 1.165) is 10.5 Å². The number of amides is 4. The maximum absolute atomic E-state index is 12.7. The van der Waals surface area contributed by atoms with Crippen LogP contribution in [0.4, 0.5) is 9.59 Å². The summed E-state index contributed by atoms with van der Waals surface area (Å²) in [7, 11) is 0. The fraction of sp³-hybridized carbons (Fsp3) is 0.474. The van der Waals surface area contributed by atoms with Crippen LogP contribution in [0.2, 0.25) is 0 Å². The normalized spacial score (nSPS) is 24.1. The number of benzene rings is 1. The van der Waals surface area contributed by atoms with E-state index in [1.54, 1.807) is 32.9 Å². The van der Waals surface area contributed by atoms with Crippen molar-refractivity contribution >= 4 is 24.0 Å². The van der Waals surface area contributed by atoms with Crippen LogP contribution >= 0.6 is 0 Å². The van der Waals surface area contributed by atoms with Crippen molar-refractivity contribution in [2.75, 3.05) is 6.54 Å². The van der Waals surface area contributed by atoms with Crippen molar-refractivity contribution in [3.8, 4) is 0 Å². The maximum Gasteiger partial charge on any atom is 0.410 e. The molecule has 2 fully saturated rings. The van der Waals surface area contributed by atoms with Gasteiger partial charge in [0.1, 0.15) is 23.8 Å². The van der Waals surface area contributed by atoms with E-state index < -0.39 is 41.2 Å². The van der Waals surface area contributed by atoms with Crippen molar-refractivity contribution in [2.24, 2.45) is 0 Å². The number of esters is 1. The van der Waals surface area contributed by atoms with Gasteiger partial charge in [-0.15, -0.1) is 0 Å². The highest BCUT2D eigenvalue weighted by atomic mass is 16.6. The first kappa shape index (κ1) is 19.7. The summed E-state index contributed by atoms with van der Waals surface area (Å²) in [4.78, 5) is 50.4. The van der Waals surface area contributed by atoms with E-state index in [2.05, 4.69) is 10.6 Å². The summed E-state index contributed by atoms with van der Waals surface area (Å²) in [5, 5.41) is 4.68.